The number of nitrogens with zero attached hydrogens (tertiary/aromatic N) is 3. The van der Waals surface area contributed by atoms with E-state index >= 15 is 0 Å². The Bertz CT molecular complexity index is 497. The summed E-state index contributed by atoms with van der Waals surface area (Å²) in [4.78, 5) is 24.0. The minimum absolute atomic E-state index is 0.141. The highest BCUT2D eigenvalue weighted by molar-refractivity contribution is 7.13. The van der Waals surface area contributed by atoms with Gasteiger partial charge in [0.25, 0.3) is 5.91 Å². The van der Waals surface area contributed by atoms with Gasteiger partial charge < -0.3 is 5.32 Å². The molecule has 0 atom stereocenters. The molecule has 0 bridgehead atoms. The molecule has 88 valence electrons. The number of hydrogen-bond acceptors (Lipinski definition) is 5. The van der Waals surface area contributed by atoms with Gasteiger partial charge in [-0.2, -0.15) is 0 Å². The minimum Gasteiger partial charge on any atom is -0.351 e. The van der Waals surface area contributed by atoms with Gasteiger partial charge in [-0.05, 0) is 6.42 Å². The predicted molar refractivity (Wildman–Crippen MR) is 65.8 cm³/mol. The van der Waals surface area contributed by atoms with Crippen LogP contribution in [0.3, 0.4) is 0 Å². The van der Waals surface area contributed by atoms with Crippen LogP contribution in [-0.4, -0.2) is 27.4 Å². The van der Waals surface area contributed by atoms with E-state index in [1.807, 2.05) is 6.92 Å². The van der Waals surface area contributed by atoms with E-state index in [0.29, 0.717) is 22.9 Å². The van der Waals surface area contributed by atoms with Gasteiger partial charge in [0.05, 0.1) is 6.20 Å². The third-order valence-electron chi connectivity index (χ3n) is 2.05. The van der Waals surface area contributed by atoms with E-state index in [2.05, 4.69) is 20.3 Å². The van der Waals surface area contributed by atoms with Crippen LogP contribution in [0.25, 0.3) is 10.7 Å². The van der Waals surface area contributed by atoms with Crippen molar-refractivity contribution in [3.05, 3.63) is 29.7 Å². The third kappa shape index (κ3) is 2.85. The molecule has 17 heavy (non-hydrogen) atoms. The van der Waals surface area contributed by atoms with E-state index in [1.165, 1.54) is 11.3 Å². The van der Waals surface area contributed by atoms with Gasteiger partial charge in [0, 0.05) is 24.3 Å². The topological polar surface area (TPSA) is 67.8 Å². The zero-order chi connectivity index (χ0) is 12.1. The van der Waals surface area contributed by atoms with Crippen molar-refractivity contribution in [3.63, 3.8) is 0 Å². The summed E-state index contributed by atoms with van der Waals surface area (Å²) in [7, 11) is 0. The Morgan fingerprint density at radius 2 is 2.35 bits per heavy atom. The van der Waals surface area contributed by atoms with Gasteiger partial charge in [-0.3, -0.25) is 14.8 Å². The monoisotopic (exact) mass is 248 g/mol. The van der Waals surface area contributed by atoms with Crippen LogP contribution < -0.4 is 5.32 Å². The maximum Gasteiger partial charge on any atom is 0.270 e. The van der Waals surface area contributed by atoms with Gasteiger partial charge in [-0.15, -0.1) is 11.3 Å². The zero-order valence-electron chi connectivity index (χ0n) is 9.38. The molecule has 2 heterocycles. The Hall–Kier alpha value is -1.82. The minimum atomic E-state index is -0.141. The average Bonchev–Trinajstić information content (AvgIpc) is 2.86. The molecule has 0 aliphatic rings. The van der Waals surface area contributed by atoms with Crippen LogP contribution in [0.5, 0.6) is 0 Å². The summed E-state index contributed by atoms with van der Waals surface area (Å²) in [5.74, 6) is -0.141. The van der Waals surface area contributed by atoms with Crippen LogP contribution in [0.15, 0.2) is 24.0 Å². The average molecular weight is 248 g/mol. The molecule has 5 nitrogen and oxygen atoms in total. The van der Waals surface area contributed by atoms with E-state index < -0.39 is 0 Å². The smallest absolute Gasteiger partial charge is 0.270 e. The van der Waals surface area contributed by atoms with Gasteiger partial charge in [0.2, 0.25) is 0 Å². The second-order valence-corrected chi connectivity index (χ2v) is 4.24. The summed E-state index contributed by atoms with van der Waals surface area (Å²) in [5, 5.41) is 5.22. The quantitative estimate of drug-likeness (QED) is 0.895. The summed E-state index contributed by atoms with van der Waals surface area (Å²) < 4.78 is 0. The number of carbonyl (C=O) groups excluding carboxylic acids is 1. The second-order valence-electron chi connectivity index (χ2n) is 3.38. The standard InChI is InChI=1S/C11H12N4OS/c1-2-3-14-10(16)9-7-17-11(15-9)8-6-12-4-5-13-8/h4-7H,2-3H2,1H3,(H,14,16). The molecule has 1 amide bonds. The van der Waals surface area contributed by atoms with Crippen LogP contribution in [0.4, 0.5) is 0 Å². The van der Waals surface area contributed by atoms with Crippen molar-refractivity contribution in [2.45, 2.75) is 13.3 Å². The first-order valence-electron chi connectivity index (χ1n) is 5.31. The van der Waals surface area contributed by atoms with E-state index in [1.54, 1.807) is 24.0 Å². The zero-order valence-corrected chi connectivity index (χ0v) is 10.2. The van der Waals surface area contributed by atoms with Gasteiger partial charge in [-0.25, -0.2) is 4.98 Å². The lowest BCUT2D eigenvalue weighted by Gasteiger charge is -1.98. The highest BCUT2D eigenvalue weighted by atomic mass is 32.1. The lowest BCUT2D eigenvalue weighted by atomic mass is 10.4. The van der Waals surface area contributed by atoms with Gasteiger partial charge >= 0.3 is 0 Å². The van der Waals surface area contributed by atoms with Crippen molar-refractivity contribution >= 4 is 17.2 Å². The van der Waals surface area contributed by atoms with Crippen molar-refractivity contribution in [1.82, 2.24) is 20.3 Å². The number of rotatable bonds is 4. The summed E-state index contributed by atoms with van der Waals surface area (Å²) in [5.41, 5.74) is 1.12. The Kier molecular flexibility index (Phi) is 3.77. The maximum absolute atomic E-state index is 11.6. The summed E-state index contributed by atoms with van der Waals surface area (Å²) >= 11 is 1.39. The van der Waals surface area contributed by atoms with Crippen LogP contribution in [0.2, 0.25) is 0 Å². The summed E-state index contributed by atoms with van der Waals surface area (Å²) in [6.07, 6.45) is 5.75. The van der Waals surface area contributed by atoms with E-state index in [9.17, 15) is 4.79 Å². The Morgan fingerprint density at radius 1 is 1.47 bits per heavy atom. The molecule has 0 saturated heterocycles. The summed E-state index contributed by atoms with van der Waals surface area (Å²) in [6.45, 7) is 2.67. The molecular formula is C11H12N4OS. The number of hydrogen-bond donors (Lipinski definition) is 1. The third-order valence-corrected chi connectivity index (χ3v) is 2.92. The van der Waals surface area contributed by atoms with E-state index in [4.69, 9.17) is 0 Å². The predicted octanol–water partition coefficient (Wildman–Crippen LogP) is 1.74. The molecule has 0 aliphatic heterocycles. The van der Waals surface area contributed by atoms with Crippen molar-refractivity contribution in [2.75, 3.05) is 6.54 Å². The lowest BCUT2D eigenvalue weighted by Crippen LogP contribution is -2.24. The van der Waals surface area contributed by atoms with Crippen LogP contribution >= 0.6 is 11.3 Å². The molecule has 2 rings (SSSR count). The van der Waals surface area contributed by atoms with Crippen molar-refractivity contribution in [1.29, 1.82) is 0 Å². The number of aromatic nitrogens is 3. The Labute approximate surface area is 103 Å². The van der Waals surface area contributed by atoms with Crippen molar-refractivity contribution in [2.24, 2.45) is 0 Å². The molecule has 0 radical (unpaired) electrons. The second kappa shape index (κ2) is 5.49. The van der Waals surface area contributed by atoms with Crippen molar-refractivity contribution < 1.29 is 4.79 Å². The molecule has 0 saturated carbocycles. The highest BCUT2D eigenvalue weighted by Crippen LogP contribution is 2.20. The molecule has 0 aromatic carbocycles. The normalized spacial score (nSPS) is 10.2. The SMILES string of the molecule is CCCNC(=O)c1csc(-c2cnccn2)n1. The van der Waals surface area contributed by atoms with E-state index in [0.717, 1.165) is 6.42 Å². The fraction of sp³-hybridized carbons (Fsp3) is 0.273. The van der Waals surface area contributed by atoms with Crippen LogP contribution in [0, 0.1) is 0 Å². The van der Waals surface area contributed by atoms with E-state index in [-0.39, 0.29) is 5.91 Å². The molecule has 0 unspecified atom stereocenters. The number of carbonyl (C=O) groups is 1. The molecule has 1 N–H and O–H groups in total. The van der Waals surface area contributed by atoms with Gasteiger partial charge in [0.15, 0.2) is 0 Å². The number of nitrogens with one attached hydrogen (secondary N) is 1. The molecule has 0 aliphatic carbocycles. The maximum atomic E-state index is 11.6. The first-order valence-corrected chi connectivity index (χ1v) is 6.19. The Morgan fingerprint density at radius 3 is 3.06 bits per heavy atom. The largest absolute Gasteiger partial charge is 0.351 e. The molecule has 6 heteroatoms. The first-order chi connectivity index (χ1) is 8.31. The Balaban J connectivity index is 2.14. The lowest BCUT2D eigenvalue weighted by molar-refractivity contribution is 0.0949. The molecule has 0 fully saturated rings. The summed E-state index contributed by atoms with van der Waals surface area (Å²) in [6, 6.07) is 0. The first kappa shape index (κ1) is 11.7. The fourth-order valence-electron chi connectivity index (χ4n) is 1.23. The van der Waals surface area contributed by atoms with Crippen LogP contribution in [0.1, 0.15) is 23.8 Å². The molecular weight excluding hydrogens is 236 g/mol. The van der Waals surface area contributed by atoms with Gasteiger partial charge in [0.1, 0.15) is 16.4 Å². The highest BCUT2D eigenvalue weighted by Gasteiger charge is 2.11. The molecule has 2 aromatic rings. The molecule has 2 aromatic heterocycles. The molecule has 0 spiro atoms. The number of thiazole rings is 1. The van der Waals surface area contributed by atoms with Gasteiger partial charge in [-0.1, -0.05) is 6.92 Å². The van der Waals surface area contributed by atoms with Crippen LogP contribution in [-0.2, 0) is 0 Å². The van der Waals surface area contributed by atoms with Crippen molar-refractivity contribution in [3.8, 4) is 10.7 Å². The fourth-order valence-corrected chi connectivity index (χ4v) is 1.99. The number of amides is 1.